The van der Waals surface area contributed by atoms with E-state index >= 15 is 0 Å². The molecule has 2 aliphatic rings. The standard InChI is InChI=1S/C16H22N2O3S/c19-16(17-13-6-2-1-3-7-13)12-5-4-8-15(11-12)22(20,21)18-14-9-10-14/h4-5,8,11,13-14,18H,1-3,6-7,9-10H2,(H,17,19). The summed E-state index contributed by atoms with van der Waals surface area (Å²) >= 11 is 0. The molecule has 2 aliphatic carbocycles. The first kappa shape index (κ1) is 15.5. The maximum atomic E-state index is 12.3. The maximum absolute atomic E-state index is 12.3. The molecule has 0 unspecified atom stereocenters. The van der Waals surface area contributed by atoms with Crippen LogP contribution in [0, 0.1) is 0 Å². The molecular weight excluding hydrogens is 300 g/mol. The normalized spacial score (nSPS) is 19.8. The fourth-order valence-corrected chi connectivity index (χ4v) is 4.16. The van der Waals surface area contributed by atoms with E-state index in [1.165, 1.54) is 18.6 Å². The molecule has 2 N–H and O–H groups in total. The number of rotatable bonds is 5. The van der Waals surface area contributed by atoms with E-state index in [0.717, 1.165) is 38.5 Å². The van der Waals surface area contributed by atoms with Gasteiger partial charge in [0.25, 0.3) is 5.91 Å². The summed E-state index contributed by atoms with van der Waals surface area (Å²) in [5, 5.41) is 3.01. The van der Waals surface area contributed by atoms with Gasteiger partial charge in [0.05, 0.1) is 4.90 Å². The summed E-state index contributed by atoms with van der Waals surface area (Å²) < 4.78 is 27.0. The van der Waals surface area contributed by atoms with E-state index in [1.807, 2.05) is 0 Å². The molecule has 0 atom stereocenters. The average molecular weight is 322 g/mol. The molecule has 3 rings (SSSR count). The van der Waals surface area contributed by atoms with Crippen LogP contribution in [0.25, 0.3) is 0 Å². The molecule has 22 heavy (non-hydrogen) atoms. The monoisotopic (exact) mass is 322 g/mol. The van der Waals surface area contributed by atoms with Crippen molar-refractivity contribution in [2.45, 2.75) is 61.9 Å². The van der Waals surface area contributed by atoms with Gasteiger partial charge in [-0.15, -0.1) is 0 Å². The van der Waals surface area contributed by atoms with Gasteiger partial charge >= 0.3 is 0 Å². The van der Waals surface area contributed by atoms with E-state index in [1.54, 1.807) is 12.1 Å². The quantitative estimate of drug-likeness (QED) is 0.872. The van der Waals surface area contributed by atoms with Crippen LogP contribution in [-0.4, -0.2) is 26.4 Å². The highest BCUT2D eigenvalue weighted by Crippen LogP contribution is 2.23. The molecule has 0 bridgehead atoms. The molecule has 1 aromatic rings. The first-order valence-electron chi connectivity index (χ1n) is 7.98. The van der Waals surface area contributed by atoms with Crippen molar-refractivity contribution in [3.05, 3.63) is 29.8 Å². The molecular formula is C16H22N2O3S. The van der Waals surface area contributed by atoms with Crippen LogP contribution in [0.2, 0.25) is 0 Å². The zero-order chi connectivity index (χ0) is 15.6. The lowest BCUT2D eigenvalue weighted by Crippen LogP contribution is -2.36. The van der Waals surface area contributed by atoms with Crippen LogP contribution >= 0.6 is 0 Å². The van der Waals surface area contributed by atoms with Gasteiger partial charge in [-0.2, -0.15) is 0 Å². The minimum atomic E-state index is -3.52. The zero-order valence-electron chi connectivity index (χ0n) is 12.5. The molecule has 5 nitrogen and oxygen atoms in total. The summed E-state index contributed by atoms with van der Waals surface area (Å²) in [6.45, 7) is 0. The van der Waals surface area contributed by atoms with E-state index in [0.29, 0.717) is 5.56 Å². The zero-order valence-corrected chi connectivity index (χ0v) is 13.4. The number of nitrogens with one attached hydrogen (secondary N) is 2. The SMILES string of the molecule is O=C(NC1CCCCC1)c1cccc(S(=O)(=O)NC2CC2)c1. The molecule has 120 valence electrons. The van der Waals surface area contributed by atoms with Crippen LogP contribution in [0.15, 0.2) is 29.2 Å². The van der Waals surface area contributed by atoms with Crippen LogP contribution in [0.4, 0.5) is 0 Å². The van der Waals surface area contributed by atoms with Gasteiger partial charge in [0.2, 0.25) is 10.0 Å². The number of benzene rings is 1. The van der Waals surface area contributed by atoms with E-state index in [-0.39, 0.29) is 22.9 Å². The number of carbonyl (C=O) groups is 1. The van der Waals surface area contributed by atoms with Crippen LogP contribution in [-0.2, 0) is 10.0 Å². The van der Waals surface area contributed by atoms with Gasteiger partial charge in [0.1, 0.15) is 0 Å². The molecule has 0 radical (unpaired) electrons. The first-order valence-corrected chi connectivity index (χ1v) is 9.46. The maximum Gasteiger partial charge on any atom is 0.251 e. The summed E-state index contributed by atoms with van der Waals surface area (Å²) in [5.41, 5.74) is 0.407. The lowest BCUT2D eigenvalue weighted by Gasteiger charge is -2.22. The van der Waals surface area contributed by atoms with Crippen molar-refractivity contribution >= 4 is 15.9 Å². The minimum absolute atomic E-state index is 0.0599. The van der Waals surface area contributed by atoms with E-state index in [2.05, 4.69) is 10.0 Å². The Kier molecular flexibility index (Phi) is 4.49. The highest BCUT2D eigenvalue weighted by atomic mass is 32.2. The predicted molar refractivity (Wildman–Crippen MR) is 84.1 cm³/mol. The summed E-state index contributed by atoms with van der Waals surface area (Å²) in [6.07, 6.45) is 7.31. The number of hydrogen-bond acceptors (Lipinski definition) is 3. The van der Waals surface area contributed by atoms with Crippen molar-refractivity contribution in [3.63, 3.8) is 0 Å². The third-order valence-corrected chi connectivity index (χ3v) is 5.76. The number of amides is 1. The molecule has 2 fully saturated rings. The third-order valence-electron chi connectivity index (χ3n) is 4.25. The lowest BCUT2D eigenvalue weighted by atomic mass is 9.95. The molecule has 0 aromatic heterocycles. The number of hydrogen-bond donors (Lipinski definition) is 2. The molecule has 0 heterocycles. The van der Waals surface area contributed by atoms with Crippen molar-refractivity contribution in [3.8, 4) is 0 Å². The van der Waals surface area contributed by atoms with Gasteiger partial charge in [-0.3, -0.25) is 4.79 Å². The Balaban J connectivity index is 1.71. The van der Waals surface area contributed by atoms with Crippen LogP contribution in [0.3, 0.4) is 0 Å². The van der Waals surface area contributed by atoms with Crippen LogP contribution < -0.4 is 10.0 Å². The van der Waals surface area contributed by atoms with Crippen molar-refractivity contribution in [2.75, 3.05) is 0 Å². The molecule has 1 aromatic carbocycles. The number of carbonyl (C=O) groups excluding carboxylic acids is 1. The van der Waals surface area contributed by atoms with Crippen molar-refractivity contribution in [1.82, 2.24) is 10.0 Å². The van der Waals surface area contributed by atoms with E-state index in [4.69, 9.17) is 0 Å². The van der Waals surface area contributed by atoms with Crippen molar-refractivity contribution in [2.24, 2.45) is 0 Å². The van der Waals surface area contributed by atoms with Crippen molar-refractivity contribution < 1.29 is 13.2 Å². The molecule has 6 heteroatoms. The first-order chi connectivity index (χ1) is 10.5. The van der Waals surface area contributed by atoms with Gasteiger partial charge < -0.3 is 5.32 Å². The fourth-order valence-electron chi connectivity index (χ4n) is 2.81. The van der Waals surface area contributed by atoms with Gasteiger partial charge in [-0.1, -0.05) is 25.3 Å². The van der Waals surface area contributed by atoms with E-state index < -0.39 is 10.0 Å². The highest BCUT2D eigenvalue weighted by molar-refractivity contribution is 7.89. The Morgan fingerprint density at radius 1 is 1.00 bits per heavy atom. The number of sulfonamides is 1. The second-order valence-corrected chi connectivity index (χ2v) is 7.95. The Morgan fingerprint density at radius 3 is 2.41 bits per heavy atom. The van der Waals surface area contributed by atoms with Gasteiger partial charge in [0.15, 0.2) is 0 Å². The lowest BCUT2D eigenvalue weighted by molar-refractivity contribution is 0.0927. The van der Waals surface area contributed by atoms with Crippen LogP contribution in [0.5, 0.6) is 0 Å². The molecule has 0 spiro atoms. The second-order valence-electron chi connectivity index (χ2n) is 6.23. The Labute approximate surface area is 131 Å². The van der Waals surface area contributed by atoms with Gasteiger partial charge in [-0.25, -0.2) is 13.1 Å². The predicted octanol–water partition coefficient (Wildman–Crippen LogP) is 2.19. The third kappa shape index (κ3) is 3.87. The van der Waals surface area contributed by atoms with Gasteiger partial charge in [-0.05, 0) is 43.9 Å². The van der Waals surface area contributed by atoms with Gasteiger partial charge in [0, 0.05) is 17.6 Å². The summed E-state index contributed by atoms with van der Waals surface area (Å²) in [4.78, 5) is 12.5. The Morgan fingerprint density at radius 2 is 1.73 bits per heavy atom. The topological polar surface area (TPSA) is 75.3 Å². The highest BCUT2D eigenvalue weighted by Gasteiger charge is 2.28. The Hall–Kier alpha value is -1.40. The molecule has 0 aliphatic heterocycles. The molecule has 2 saturated carbocycles. The fraction of sp³-hybridized carbons (Fsp3) is 0.562. The average Bonchev–Trinajstić information content (AvgIpc) is 3.32. The molecule has 1 amide bonds. The summed E-state index contributed by atoms with van der Waals surface area (Å²) in [5.74, 6) is -0.185. The largest absolute Gasteiger partial charge is 0.349 e. The second kappa shape index (κ2) is 6.38. The summed E-state index contributed by atoms with van der Waals surface area (Å²) in [7, 11) is -3.52. The van der Waals surface area contributed by atoms with Crippen molar-refractivity contribution in [1.29, 1.82) is 0 Å². The Bertz CT molecular complexity index is 647. The molecule has 0 saturated heterocycles. The smallest absolute Gasteiger partial charge is 0.251 e. The summed E-state index contributed by atoms with van der Waals surface area (Å²) in [6, 6.07) is 6.55. The minimum Gasteiger partial charge on any atom is -0.349 e. The van der Waals surface area contributed by atoms with Crippen LogP contribution in [0.1, 0.15) is 55.3 Å². The van der Waals surface area contributed by atoms with E-state index in [9.17, 15) is 13.2 Å².